The molecule has 1 fully saturated rings. The molecule has 10 nitrogen and oxygen atoms in total. The Labute approximate surface area is 172 Å². The van der Waals surface area contributed by atoms with Crippen LogP contribution in [0.1, 0.15) is 35.7 Å². The minimum Gasteiger partial charge on any atom is -0.494 e. The summed E-state index contributed by atoms with van der Waals surface area (Å²) in [5.41, 5.74) is 4.61. The number of amides is 1. The van der Waals surface area contributed by atoms with Crippen molar-refractivity contribution in [2.75, 3.05) is 13.2 Å². The minimum absolute atomic E-state index is 0.336. The maximum Gasteiger partial charge on any atom is 0.328 e. The first-order valence-corrected chi connectivity index (χ1v) is 9.82. The second-order valence-electron chi connectivity index (χ2n) is 7.24. The van der Waals surface area contributed by atoms with Gasteiger partial charge in [0.1, 0.15) is 18.0 Å². The summed E-state index contributed by atoms with van der Waals surface area (Å²) in [6.07, 6.45) is 0.147. The van der Waals surface area contributed by atoms with Gasteiger partial charge in [-0.25, -0.2) is 4.79 Å². The summed E-state index contributed by atoms with van der Waals surface area (Å²) in [6, 6.07) is 6.37. The summed E-state index contributed by atoms with van der Waals surface area (Å²) < 4.78 is 6.69. The van der Waals surface area contributed by atoms with Crippen LogP contribution >= 0.6 is 0 Å². The Balaban J connectivity index is 1.62. The maximum absolute atomic E-state index is 12.5. The zero-order valence-electron chi connectivity index (χ0n) is 16.4. The number of aromatic nitrogens is 2. The van der Waals surface area contributed by atoms with Crippen molar-refractivity contribution >= 4 is 5.91 Å². The standard InChI is InChI=1S/C20H26N4O6/c21-9-1-11-30-13-4-2-12(3-5-13)19(28)22-14-6-7-15(18(27)17(14)26)24-10-8-16(25)23-20(24)29/h2-5,8,10,14-15,17-18,26-27H,1,6-7,9,11,21H2,(H,22,28)(H,23,25,29)/t14-,15-,17-,18-/m1/s1. The van der Waals surface area contributed by atoms with Gasteiger partial charge in [0, 0.05) is 17.8 Å². The molecule has 1 aliphatic carbocycles. The normalized spacial score (nSPS) is 23.7. The topological polar surface area (TPSA) is 160 Å². The van der Waals surface area contributed by atoms with Gasteiger partial charge in [0.25, 0.3) is 11.5 Å². The molecule has 1 aromatic carbocycles. The molecule has 0 bridgehead atoms. The van der Waals surface area contributed by atoms with Crippen LogP contribution in [0.5, 0.6) is 5.75 Å². The van der Waals surface area contributed by atoms with Crippen LogP contribution in [0, 0.1) is 0 Å². The van der Waals surface area contributed by atoms with E-state index < -0.39 is 35.5 Å². The average molecular weight is 418 g/mol. The molecular weight excluding hydrogens is 392 g/mol. The number of nitrogens with two attached hydrogens (primary N) is 1. The van der Waals surface area contributed by atoms with Gasteiger partial charge in [-0.1, -0.05) is 0 Å². The first-order chi connectivity index (χ1) is 14.4. The Bertz CT molecular complexity index is 970. The third kappa shape index (κ3) is 4.96. The summed E-state index contributed by atoms with van der Waals surface area (Å²) in [5, 5.41) is 23.7. The number of hydrogen-bond donors (Lipinski definition) is 5. The van der Waals surface area contributed by atoms with Crippen molar-refractivity contribution in [3.8, 4) is 5.75 Å². The van der Waals surface area contributed by atoms with Gasteiger partial charge in [-0.2, -0.15) is 0 Å². The molecule has 0 saturated heterocycles. The zero-order chi connectivity index (χ0) is 21.7. The van der Waals surface area contributed by atoms with Crippen molar-refractivity contribution in [2.24, 2.45) is 5.73 Å². The van der Waals surface area contributed by atoms with E-state index in [-0.39, 0.29) is 5.91 Å². The minimum atomic E-state index is -1.29. The fourth-order valence-corrected chi connectivity index (χ4v) is 3.53. The summed E-state index contributed by atoms with van der Waals surface area (Å²) in [5.74, 6) is 0.238. The van der Waals surface area contributed by atoms with Crippen molar-refractivity contribution in [3.05, 3.63) is 62.9 Å². The number of ether oxygens (including phenoxy) is 1. The lowest BCUT2D eigenvalue weighted by molar-refractivity contribution is -0.0570. The highest BCUT2D eigenvalue weighted by molar-refractivity contribution is 5.94. The number of rotatable bonds is 7. The number of nitrogens with zero attached hydrogens (tertiary/aromatic N) is 1. The third-order valence-corrected chi connectivity index (χ3v) is 5.19. The summed E-state index contributed by atoms with van der Waals surface area (Å²) >= 11 is 0. The Morgan fingerprint density at radius 3 is 2.57 bits per heavy atom. The first-order valence-electron chi connectivity index (χ1n) is 9.82. The van der Waals surface area contributed by atoms with Gasteiger partial charge in [0.05, 0.1) is 18.7 Å². The van der Waals surface area contributed by atoms with E-state index in [4.69, 9.17) is 10.5 Å². The quantitative estimate of drug-likeness (QED) is 0.365. The van der Waals surface area contributed by atoms with Gasteiger partial charge in [-0.15, -0.1) is 0 Å². The van der Waals surface area contributed by atoms with Crippen LogP contribution < -0.4 is 27.0 Å². The van der Waals surface area contributed by atoms with Crippen LogP contribution in [0.4, 0.5) is 0 Å². The number of aliphatic hydroxyl groups excluding tert-OH is 2. The van der Waals surface area contributed by atoms with E-state index >= 15 is 0 Å². The van der Waals surface area contributed by atoms with Crippen LogP contribution in [0.15, 0.2) is 46.1 Å². The number of benzene rings is 1. The van der Waals surface area contributed by atoms with Gasteiger partial charge >= 0.3 is 5.69 Å². The van der Waals surface area contributed by atoms with E-state index in [1.165, 1.54) is 16.8 Å². The molecule has 10 heteroatoms. The van der Waals surface area contributed by atoms with E-state index in [9.17, 15) is 24.6 Å². The molecule has 30 heavy (non-hydrogen) atoms. The van der Waals surface area contributed by atoms with Crippen molar-refractivity contribution in [1.29, 1.82) is 0 Å². The molecule has 0 unspecified atom stereocenters. The molecule has 1 saturated carbocycles. The smallest absolute Gasteiger partial charge is 0.328 e. The van der Waals surface area contributed by atoms with E-state index in [1.54, 1.807) is 24.3 Å². The molecule has 2 aromatic rings. The van der Waals surface area contributed by atoms with Gasteiger partial charge in [-0.05, 0) is 50.1 Å². The molecule has 0 spiro atoms. The highest BCUT2D eigenvalue weighted by Gasteiger charge is 2.39. The molecule has 0 radical (unpaired) electrons. The molecule has 4 atom stereocenters. The molecule has 0 aliphatic heterocycles. The van der Waals surface area contributed by atoms with Crippen molar-refractivity contribution in [2.45, 2.75) is 43.6 Å². The third-order valence-electron chi connectivity index (χ3n) is 5.19. The van der Waals surface area contributed by atoms with E-state index in [0.29, 0.717) is 37.3 Å². The van der Waals surface area contributed by atoms with Gasteiger partial charge in [0.15, 0.2) is 0 Å². The number of nitrogens with one attached hydrogen (secondary N) is 2. The fourth-order valence-electron chi connectivity index (χ4n) is 3.53. The van der Waals surface area contributed by atoms with Crippen LogP contribution in [0.25, 0.3) is 0 Å². The number of aromatic amines is 1. The summed E-state index contributed by atoms with van der Waals surface area (Å²) in [4.78, 5) is 37.9. The predicted molar refractivity (Wildman–Crippen MR) is 108 cm³/mol. The fraction of sp³-hybridized carbons (Fsp3) is 0.450. The highest BCUT2D eigenvalue weighted by atomic mass is 16.5. The van der Waals surface area contributed by atoms with Crippen LogP contribution in [0.3, 0.4) is 0 Å². The molecule has 1 aliphatic rings. The molecule has 6 N–H and O–H groups in total. The van der Waals surface area contributed by atoms with Crippen molar-refractivity contribution < 1.29 is 19.7 Å². The Hall–Kier alpha value is -2.95. The van der Waals surface area contributed by atoms with Crippen molar-refractivity contribution in [1.82, 2.24) is 14.9 Å². The molecule has 1 aromatic heterocycles. The number of hydrogen-bond acceptors (Lipinski definition) is 7. The predicted octanol–water partition coefficient (Wildman–Crippen LogP) is -0.880. The van der Waals surface area contributed by atoms with Gasteiger partial charge in [0.2, 0.25) is 0 Å². The number of carbonyl (C=O) groups is 1. The number of H-pyrrole nitrogens is 1. The van der Waals surface area contributed by atoms with E-state index in [2.05, 4.69) is 10.3 Å². The van der Waals surface area contributed by atoms with Crippen LogP contribution in [-0.4, -0.2) is 57.1 Å². The largest absolute Gasteiger partial charge is 0.494 e. The average Bonchev–Trinajstić information content (AvgIpc) is 2.73. The molecule has 1 amide bonds. The Morgan fingerprint density at radius 2 is 1.90 bits per heavy atom. The molecule has 162 valence electrons. The lowest BCUT2D eigenvalue weighted by atomic mass is 9.85. The van der Waals surface area contributed by atoms with E-state index in [1.807, 2.05) is 0 Å². The molecule has 1 heterocycles. The molecule has 3 rings (SSSR count). The monoisotopic (exact) mass is 418 g/mol. The van der Waals surface area contributed by atoms with E-state index in [0.717, 1.165) is 6.42 Å². The Morgan fingerprint density at radius 1 is 1.17 bits per heavy atom. The number of aliphatic hydroxyl groups is 2. The Kier molecular flexibility index (Phi) is 7.03. The maximum atomic E-state index is 12.5. The highest BCUT2D eigenvalue weighted by Crippen LogP contribution is 2.28. The first kappa shape index (κ1) is 21.8. The van der Waals surface area contributed by atoms with Crippen LogP contribution in [-0.2, 0) is 0 Å². The lowest BCUT2D eigenvalue weighted by Crippen LogP contribution is -2.55. The lowest BCUT2D eigenvalue weighted by Gasteiger charge is -2.38. The second-order valence-corrected chi connectivity index (χ2v) is 7.24. The van der Waals surface area contributed by atoms with Crippen LogP contribution in [0.2, 0.25) is 0 Å². The van der Waals surface area contributed by atoms with Crippen molar-refractivity contribution in [3.63, 3.8) is 0 Å². The summed E-state index contributed by atoms with van der Waals surface area (Å²) in [6.45, 7) is 1.03. The zero-order valence-corrected chi connectivity index (χ0v) is 16.4. The molecular formula is C20H26N4O6. The van der Waals surface area contributed by atoms with Gasteiger partial charge in [-0.3, -0.25) is 19.1 Å². The summed E-state index contributed by atoms with van der Waals surface area (Å²) in [7, 11) is 0. The second kappa shape index (κ2) is 9.70. The van der Waals surface area contributed by atoms with Gasteiger partial charge < -0.3 is 26.0 Å². The number of carbonyl (C=O) groups excluding carboxylic acids is 1. The SMILES string of the molecule is NCCCOc1ccc(C(=O)N[C@@H]2CC[C@@H](n3ccc(=O)[nH]c3=O)[C@@H](O)[C@@H]2O)cc1.